The van der Waals surface area contributed by atoms with Crippen LogP contribution in [0.4, 0.5) is 5.82 Å². The molecule has 0 aliphatic carbocycles. The average Bonchev–Trinajstić information content (AvgIpc) is 2.34. The normalized spacial score (nSPS) is 12.5. The number of hydrogen-bond donors (Lipinski definition) is 1. The van der Waals surface area contributed by atoms with E-state index in [-0.39, 0.29) is 0 Å². The lowest BCUT2D eigenvalue weighted by atomic mass is 10.2. The molecule has 5 heteroatoms. The van der Waals surface area contributed by atoms with Crippen molar-refractivity contribution in [3.8, 4) is 5.88 Å². The molecular weight excluding hydrogens is 228 g/mol. The Balaban J connectivity index is 2.45. The van der Waals surface area contributed by atoms with Crippen molar-refractivity contribution in [1.82, 2.24) is 14.9 Å². The van der Waals surface area contributed by atoms with Crippen LogP contribution >= 0.6 is 0 Å². The van der Waals surface area contributed by atoms with Crippen molar-refractivity contribution in [2.45, 2.75) is 32.7 Å². The number of ether oxygens (including phenoxy) is 1. The summed E-state index contributed by atoms with van der Waals surface area (Å²) in [4.78, 5) is 10.5. The Kier molecular flexibility index (Phi) is 6.43. The molecule has 0 amide bonds. The monoisotopic (exact) mass is 252 g/mol. The van der Waals surface area contributed by atoms with Gasteiger partial charge in [-0.05, 0) is 40.4 Å². The van der Waals surface area contributed by atoms with Crippen molar-refractivity contribution in [2.75, 3.05) is 32.6 Å². The Morgan fingerprint density at radius 3 is 2.83 bits per heavy atom. The van der Waals surface area contributed by atoms with Crippen LogP contribution in [0.25, 0.3) is 0 Å². The first-order valence-electron chi connectivity index (χ1n) is 6.48. The summed E-state index contributed by atoms with van der Waals surface area (Å²) in [5.74, 6) is 1.46. The van der Waals surface area contributed by atoms with Gasteiger partial charge >= 0.3 is 0 Å². The Labute approximate surface area is 110 Å². The average molecular weight is 252 g/mol. The van der Waals surface area contributed by atoms with Crippen LogP contribution in [0.15, 0.2) is 12.4 Å². The van der Waals surface area contributed by atoms with Gasteiger partial charge in [0.05, 0.1) is 6.61 Å². The smallest absolute Gasteiger partial charge is 0.218 e. The van der Waals surface area contributed by atoms with Crippen LogP contribution in [0.1, 0.15) is 26.7 Å². The van der Waals surface area contributed by atoms with E-state index in [1.165, 1.54) is 6.33 Å². The maximum absolute atomic E-state index is 5.48. The molecule has 1 heterocycles. The van der Waals surface area contributed by atoms with Gasteiger partial charge in [0, 0.05) is 12.1 Å². The highest BCUT2D eigenvalue weighted by Crippen LogP contribution is 2.12. The zero-order chi connectivity index (χ0) is 13.4. The topological polar surface area (TPSA) is 50.3 Å². The SMILES string of the molecule is CCCOc1cc(NC(C)CCN(C)C)ncn1. The lowest BCUT2D eigenvalue weighted by molar-refractivity contribution is 0.305. The van der Waals surface area contributed by atoms with Gasteiger partial charge in [0.1, 0.15) is 12.1 Å². The Morgan fingerprint density at radius 2 is 2.17 bits per heavy atom. The second-order valence-corrected chi connectivity index (χ2v) is 4.73. The molecule has 0 radical (unpaired) electrons. The van der Waals surface area contributed by atoms with Gasteiger partial charge in [-0.3, -0.25) is 0 Å². The van der Waals surface area contributed by atoms with Gasteiger partial charge in [-0.15, -0.1) is 0 Å². The van der Waals surface area contributed by atoms with E-state index in [4.69, 9.17) is 4.74 Å². The summed E-state index contributed by atoms with van der Waals surface area (Å²) in [6.45, 7) is 5.97. The molecule has 0 aliphatic heterocycles. The molecule has 1 unspecified atom stereocenters. The first-order chi connectivity index (χ1) is 8.61. The number of aromatic nitrogens is 2. The van der Waals surface area contributed by atoms with E-state index in [0.29, 0.717) is 18.5 Å². The van der Waals surface area contributed by atoms with Crippen molar-refractivity contribution in [3.63, 3.8) is 0 Å². The number of nitrogens with one attached hydrogen (secondary N) is 1. The molecule has 5 nitrogen and oxygen atoms in total. The molecule has 1 aromatic heterocycles. The zero-order valence-electron chi connectivity index (χ0n) is 11.8. The quantitative estimate of drug-likeness (QED) is 0.767. The highest BCUT2D eigenvalue weighted by Gasteiger charge is 2.05. The van der Waals surface area contributed by atoms with Gasteiger partial charge in [0.2, 0.25) is 5.88 Å². The summed E-state index contributed by atoms with van der Waals surface area (Å²) in [5.41, 5.74) is 0. The van der Waals surface area contributed by atoms with Crippen molar-refractivity contribution in [2.24, 2.45) is 0 Å². The van der Waals surface area contributed by atoms with E-state index in [1.807, 2.05) is 6.07 Å². The molecule has 0 saturated carbocycles. The molecule has 18 heavy (non-hydrogen) atoms. The highest BCUT2D eigenvalue weighted by molar-refractivity contribution is 5.37. The molecule has 0 spiro atoms. The highest BCUT2D eigenvalue weighted by atomic mass is 16.5. The molecule has 0 fully saturated rings. The number of rotatable bonds is 8. The van der Waals surface area contributed by atoms with Crippen molar-refractivity contribution in [1.29, 1.82) is 0 Å². The van der Waals surface area contributed by atoms with Crippen molar-refractivity contribution >= 4 is 5.82 Å². The van der Waals surface area contributed by atoms with E-state index in [1.54, 1.807) is 0 Å². The summed E-state index contributed by atoms with van der Waals surface area (Å²) in [5, 5.41) is 3.36. The predicted octanol–water partition coefficient (Wildman–Crippen LogP) is 2.02. The zero-order valence-corrected chi connectivity index (χ0v) is 11.8. The van der Waals surface area contributed by atoms with Crippen molar-refractivity contribution < 1.29 is 4.74 Å². The maximum Gasteiger partial charge on any atom is 0.218 e. The number of anilines is 1. The van der Waals surface area contributed by atoms with Crippen LogP contribution in [0.3, 0.4) is 0 Å². The number of nitrogens with zero attached hydrogens (tertiary/aromatic N) is 3. The molecule has 1 N–H and O–H groups in total. The van der Waals surface area contributed by atoms with Gasteiger partial charge in [-0.1, -0.05) is 6.92 Å². The van der Waals surface area contributed by atoms with E-state index in [9.17, 15) is 0 Å². The van der Waals surface area contributed by atoms with Gasteiger partial charge < -0.3 is 15.0 Å². The lowest BCUT2D eigenvalue weighted by Gasteiger charge is -2.17. The van der Waals surface area contributed by atoms with Gasteiger partial charge in [-0.2, -0.15) is 0 Å². The largest absolute Gasteiger partial charge is 0.478 e. The fourth-order valence-electron chi connectivity index (χ4n) is 1.48. The molecule has 0 aromatic carbocycles. The second kappa shape index (κ2) is 7.87. The molecule has 1 aromatic rings. The van der Waals surface area contributed by atoms with E-state index < -0.39 is 0 Å². The minimum absolute atomic E-state index is 0.376. The molecule has 0 saturated heterocycles. The summed E-state index contributed by atoms with van der Waals surface area (Å²) < 4.78 is 5.48. The summed E-state index contributed by atoms with van der Waals surface area (Å²) >= 11 is 0. The van der Waals surface area contributed by atoms with Gasteiger partial charge in [0.25, 0.3) is 0 Å². The lowest BCUT2D eigenvalue weighted by Crippen LogP contribution is -2.23. The number of hydrogen-bond acceptors (Lipinski definition) is 5. The van der Waals surface area contributed by atoms with E-state index in [0.717, 1.165) is 25.2 Å². The first kappa shape index (κ1) is 14.7. The molecule has 1 atom stereocenters. The van der Waals surface area contributed by atoms with Crippen LogP contribution in [0.2, 0.25) is 0 Å². The van der Waals surface area contributed by atoms with Gasteiger partial charge in [-0.25, -0.2) is 9.97 Å². The summed E-state index contributed by atoms with van der Waals surface area (Å²) in [6.07, 6.45) is 3.58. The van der Waals surface area contributed by atoms with Gasteiger partial charge in [0.15, 0.2) is 0 Å². The summed E-state index contributed by atoms with van der Waals surface area (Å²) in [7, 11) is 4.15. The third kappa shape index (κ3) is 5.82. The summed E-state index contributed by atoms with van der Waals surface area (Å²) in [6, 6.07) is 2.23. The molecule has 0 aliphatic rings. The Hall–Kier alpha value is -1.36. The third-order valence-electron chi connectivity index (χ3n) is 2.50. The van der Waals surface area contributed by atoms with Crippen molar-refractivity contribution in [3.05, 3.63) is 12.4 Å². The standard InChI is InChI=1S/C13H24N4O/c1-5-8-18-13-9-12(14-10-15-13)16-11(2)6-7-17(3)4/h9-11H,5-8H2,1-4H3,(H,14,15,16). The first-order valence-corrected chi connectivity index (χ1v) is 6.48. The molecule has 1 rings (SSSR count). The maximum atomic E-state index is 5.48. The molecule has 0 bridgehead atoms. The Morgan fingerprint density at radius 1 is 1.39 bits per heavy atom. The van der Waals surface area contributed by atoms with Crippen LogP contribution in [-0.2, 0) is 0 Å². The van der Waals surface area contributed by atoms with E-state index in [2.05, 4.69) is 48.1 Å². The third-order valence-corrected chi connectivity index (χ3v) is 2.50. The van der Waals surface area contributed by atoms with Crippen LogP contribution in [0.5, 0.6) is 5.88 Å². The minimum atomic E-state index is 0.376. The van der Waals surface area contributed by atoms with Crippen LogP contribution < -0.4 is 10.1 Å². The minimum Gasteiger partial charge on any atom is -0.478 e. The van der Waals surface area contributed by atoms with Crippen LogP contribution in [0, 0.1) is 0 Å². The molecular formula is C13H24N4O. The molecule has 102 valence electrons. The predicted molar refractivity (Wildman–Crippen MR) is 74.1 cm³/mol. The fraction of sp³-hybridized carbons (Fsp3) is 0.692. The van der Waals surface area contributed by atoms with Crippen LogP contribution in [-0.4, -0.2) is 48.2 Å². The van der Waals surface area contributed by atoms with E-state index >= 15 is 0 Å². The fourth-order valence-corrected chi connectivity index (χ4v) is 1.48. The second-order valence-electron chi connectivity index (χ2n) is 4.73. The Bertz CT molecular complexity index is 344.